The topological polar surface area (TPSA) is 44.9 Å². The van der Waals surface area contributed by atoms with Crippen LogP contribution in [0.5, 0.6) is 11.5 Å². The summed E-state index contributed by atoms with van der Waals surface area (Å²) in [5.41, 5.74) is 8.38. The molecule has 6 aromatic rings. The smallest absolute Gasteiger partial charge is 0.509 e. The maximum atomic E-state index is 14.4. The fraction of sp³-hybridized carbons (Fsp3) is 0.349. The van der Waals surface area contributed by atoms with Crippen molar-refractivity contribution in [2.24, 2.45) is 5.92 Å². The summed E-state index contributed by atoms with van der Waals surface area (Å²) in [6.07, 6.45) is 6.20. The van der Waals surface area contributed by atoms with E-state index in [0.29, 0.717) is 29.2 Å². The predicted molar refractivity (Wildman–Crippen MR) is 197 cm³/mol. The van der Waals surface area contributed by atoms with Crippen molar-refractivity contribution in [3.05, 3.63) is 119 Å². The summed E-state index contributed by atoms with van der Waals surface area (Å²) in [4.78, 5) is 4.49. The monoisotopic (exact) mass is 847 g/mol. The van der Waals surface area contributed by atoms with Crippen molar-refractivity contribution in [3.63, 3.8) is 0 Å². The summed E-state index contributed by atoms with van der Waals surface area (Å²) in [7, 11) is 0. The largest absolute Gasteiger partial charge is 2.00 e. The van der Waals surface area contributed by atoms with E-state index >= 15 is 0 Å². The Morgan fingerprint density at radius 1 is 0.880 bits per heavy atom. The van der Waals surface area contributed by atoms with Gasteiger partial charge in [-0.15, -0.1) is 35.7 Å². The Kier molecular flexibility index (Phi) is 9.50. The molecule has 1 aliphatic rings. The number of halogens is 1. The van der Waals surface area contributed by atoms with E-state index in [2.05, 4.69) is 102 Å². The van der Waals surface area contributed by atoms with E-state index in [1.165, 1.54) is 41.6 Å². The Labute approximate surface area is 309 Å². The predicted octanol–water partition coefficient (Wildman–Crippen LogP) is 11.3. The van der Waals surface area contributed by atoms with Gasteiger partial charge in [0.2, 0.25) is 0 Å². The van der Waals surface area contributed by atoms with Crippen LogP contribution in [-0.2, 0) is 31.9 Å². The van der Waals surface area contributed by atoms with Crippen molar-refractivity contribution >= 4 is 21.8 Å². The maximum Gasteiger partial charge on any atom is 2.00 e. The molecule has 0 saturated carbocycles. The second-order valence-electron chi connectivity index (χ2n) is 15.8. The van der Waals surface area contributed by atoms with Gasteiger partial charge in [-0.3, -0.25) is 4.68 Å². The van der Waals surface area contributed by atoms with Crippen molar-refractivity contribution in [1.82, 2.24) is 19.3 Å². The quantitative estimate of drug-likeness (QED) is 0.128. The number of fused-ring (bicyclic) bond motifs is 3. The Morgan fingerprint density at radius 2 is 1.64 bits per heavy atom. The number of aryl methyl sites for hydroxylation is 1. The van der Waals surface area contributed by atoms with E-state index in [9.17, 15) is 4.39 Å². The first-order valence-corrected chi connectivity index (χ1v) is 17.3. The zero-order valence-corrected chi connectivity index (χ0v) is 32.7. The van der Waals surface area contributed by atoms with Crippen LogP contribution in [0.3, 0.4) is 0 Å². The molecule has 3 heterocycles. The SMILES string of the molecule is CC1=CCC[C@H](C)C1c1c(C(C)(C)C)nn(-c2[c-]c(Oc3[c-]c4c(cc3)c3ccccc3n4-c3cc(F)ccn3)cc(C)c2)c1C(C)(C)C.[Pt+2]. The summed E-state index contributed by atoms with van der Waals surface area (Å²) in [5.74, 6) is 2.08. The first kappa shape index (κ1) is 35.8. The van der Waals surface area contributed by atoms with E-state index in [1.54, 1.807) is 0 Å². The van der Waals surface area contributed by atoms with Gasteiger partial charge in [-0.1, -0.05) is 90.8 Å². The molecular formula is C43H45FN4OPt. The second-order valence-corrected chi connectivity index (χ2v) is 15.8. The zero-order chi connectivity index (χ0) is 34.8. The van der Waals surface area contributed by atoms with E-state index in [4.69, 9.17) is 9.84 Å². The number of aromatic nitrogens is 4. The van der Waals surface area contributed by atoms with Gasteiger partial charge >= 0.3 is 21.1 Å². The third-order valence-electron chi connectivity index (χ3n) is 9.72. The van der Waals surface area contributed by atoms with Crippen LogP contribution >= 0.6 is 0 Å². The van der Waals surface area contributed by atoms with Crippen LogP contribution in [0.4, 0.5) is 4.39 Å². The van der Waals surface area contributed by atoms with E-state index < -0.39 is 0 Å². The minimum absolute atomic E-state index is 0. The molecule has 0 N–H and O–H groups in total. The number of para-hydroxylation sites is 1. The molecule has 2 atom stereocenters. The average molecular weight is 848 g/mol. The molecule has 0 radical (unpaired) electrons. The molecule has 0 saturated heterocycles. The van der Waals surface area contributed by atoms with Crippen LogP contribution < -0.4 is 4.74 Å². The van der Waals surface area contributed by atoms with Crippen LogP contribution in [0.15, 0.2) is 78.5 Å². The Hall–Kier alpha value is -4.02. The fourth-order valence-corrected chi connectivity index (χ4v) is 7.64. The maximum absolute atomic E-state index is 14.4. The standard InChI is InChI=1S/C43H45FN4O.Pt/c1-26-21-30(48-41(43(7,8)9)39(40(46-48)42(4,5)6)38-27(2)13-12-14-28(38)3)24-32(22-26)49-31-17-18-34-33-15-10-11-16-35(33)47(36(34)25-31)37-23-29(44)19-20-45-37;/h10-11,13,15-23,28,38H,12,14H2,1-9H3;/q-2;+2/t28-,38?;/m0./s1. The van der Waals surface area contributed by atoms with E-state index in [0.717, 1.165) is 45.2 Å². The van der Waals surface area contributed by atoms with Crippen molar-refractivity contribution < 1.29 is 30.2 Å². The number of benzene rings is 3. The summed E-state index contributed by atoms with van der Waals surface area (Å²) in [6, 6.07) is 26.0. The van der Waals surface area contributed by atoms with Gasteiger partial charge in [0.05, 0.1) is 11.4 Å². The Balaban J connectivity index is 0.00000432. The number of pyridine rings is 1. The van der Waals surface area contributed by atoms with Crippen molar-refractivity contribution in [2.45, 2.75) is 91.9 Å². The molecule has 7 rings (SSSR count). The van der Waals surface area contributed by atoms with Crippen LogP contribution in [0.25, 0.3) is 33.3 Å². The van der Waals surface area contributed by atoms with E-state index in [-0.39, 0.29) is 37.7 Å². The fourth-order valence-electron chi connectivity index (χ4n) is 7.64. The van der Waals surface area contributed by atoms with Crippen molar-refractivity contribution in [3.8, 4) is 23.0 Å². The number of ether oxygens (including phenoxy) is 1. The molecule has 50 heavy (non-hydrogen) atoms. The van der Waals surface area contributed by atoms with Gasteiger partial charge < -0.3 is 9.30 Å². The molecule has 0 aliphatic heterocycles. The van der Waals surface area contributed by atoms with Gasteiger partial charge in [-0.05, 0) is 48.9 Å². The van der Waals surface area contributed by atoms with E-state index in [1.807, 2.05) is 41.0 Å². The Bertz CT molecular complexity index is 2250. The molecule has 0 spiro atoms. The van der Waals surface area contributed by atoms with Crippen molar-refractivity contribution in [2.75, 3.05) is 0 Å². The molecular weight excluding hydrogens is 803 g/mol. The summed E-state index contributed by atoms with van der Waals surface area (Å²) in [5, 5.41) is 7.44. The van der Waals surface area contributed by atoms with Crippen LogP contribution in [0, 0.1) is 30.8 Å². The molecule has 1 unspecified atom stereocenters. The molecule has 3 aromatic carbocycles. The van der Waals surface area contributed by atoms with Gasteiger partial charge in [-0.25, -0.2) is 9.37 Å². The van der Waals surface area contributed by atoms with Crippen LogP contribution in [-0.4, -0.2) is 19.3 Å². The molecule has 7 heteroatoms. The van der Waals surface area contributed by atoms with Crippen molar-refractivity contribution in [1.29, 1.82) is 0 Å². The number of nitrogens with zero attached hydrogens (tertiary/aromatic N) is 4. The normalized spacial score (nSPS) is 16.8. The minimum atomic E-state index is -0.347. The molecule has 260 valence electrons. The summed E-state index contributed by atoms with van der Waals surface area (Å²) >= 11 is 0. The number of hydrogen-bond donors (Lipinski definition) is 0. The number of allylic oxidation sites excluding steroid dienone is 2. The van der Waals surface area contributed by atoms with Gasteiger partial charge in [0.25, 0.3) is 0 Å². The molecule has 0 bridgehead atoms. The zero-order valence-electron chi connectivity index (χ0n) is 30.4. The first-order chi connectivity index (χ1) is 23.2. The van der Waals surface area contributed by atoms with Crippen LogP contribution in [0.1, 0.15) is 96.7 Å². The van der Waals surface area contributed by atoms with Gasteiger partial charge in [-0.2, -0.15) is 16.7 Å². The third kappa shape index (κ3) is 6.48. The molecule has 0 amide bonds. The Morgan fingerprint density at radius 3 is 2.34 bits per heavy atom. The third-order valence-corrected chi connectivity index (χ3v) is 9.72. The minimum Gasteiger partial charge on any atom is -0.509 e. The van der Waals surface area contributed by atoms with Gasteiger partial charge in [0.1, 0.15) is 11.6 Å². The number of rotatable bonds is 5. The summed E-state index contributed by atoms with van der Waals surface area (Å²) < 4.78 is 25.0. The van der Waals surface area contributed by atoms with Crippen LogP contribution in [0.2, 0.25) is 0 Å². The second kappa shape index (κ2) is 13.3. The molecule has 3 aromatic heterocycles. The molecule has 0 fully saturated rings. The molecule has 5 nitrogen and oxygen atoms in total. The first-order valence-electron chi connectivity index (χ1n) is 17.3. The average Bonchev–Trinajstić information content (AvgIpc) is 3.58. The molecule has 1 aliphatic carbocycles. The summed E-state index contributed by atoms with van der Waals surface area (Å²) in [6.45, 7) is 20.4. The van der Waals surface area contributed by atoms with Gasteiger partial charge in [0, 0.05) is 51.6 Å². The van der Waals surface area contributed by atoms with Gasteiger partial charge in [0.15, 0.2) is 0 Å². The number of hydrogen-bond acceptors (Lipinski definition) is 3.